The van der Waals surface area contributed by atoms with Crippen molar-refractivity contribution in [2.45, 2.75) is 116 Å². The van der Waals surface area contributed by atoms with Crippen LogP contribution in [0.5, 0.6) is 11.5 Å². The van der Waals surface area contributed by atoms with Gasteiger partial charge in [-0.15, -0.1) is 0 Å². The maximum absolute atomic E-state index is 14.9. The van der Waals surface area contributed by atoms with Crippen molar-refractivity contribution in [3.8, 4) is 11.5 Å². The highest BCUT2D eigenvalue weighted by atomic mass is 19.2. The van der Waals surface area contributed by atoms with E-state index in [1.54, 1.807) is 6.07 Å². The van der Waals surface area contributed by atoms with Gasteiger partial charge in [0.15, 0.2) is 23.1 Å². The standard InChI is InChI=1S/C34H44F4O3/c1-3-4-5-6-7-8-21-40-28-19-17-26(30(35)32(28)37)24-13-15-25(16-14-24)34(39)41-29-20-18-27(31(36)33(29)38)23-11-9-22(2)10-12-23/h17-20,22-25H,3-16,21H2,1-2H3. The third kappa shape index (κ3) is 8.04. The second kappa shape index (κ2) is 15.1. The van der Waals surface area contributed by atoms with E-state index in [1.165, 1.54) is 37.5 Å². The van der Waals surface area contributed by atoms with Crippen LogP contribution in [0.4, 0.5) is 17.6 Å². The fourth-order valence-electron chi connectivity index (χ4n) is 6.38. The largest absolute Gasteiger partial charge is 0.490 e. The first-order valence-corrected chi connectivity index (χ1v) is 15.6. The summed E-state index contributed by atoms with van der Waals surface area (Å²) < 4.78 is 70.2. The molecule has 2 fully saturated rings. The molecular weight excluding hydrogens is 532 g/mol. The fraction of sp³-hybridized carbons (Fsp3) is 0.618. The molecule has 2 aliphatic rings. The molecule has 3 nitrogen and oxygen atoms in total. The number of hydrogen-bond donors (Lipinski definition) is 0. The first-order valence-electron chi connectivity index (χ1n) is 15.6. The lowest BCUT2D eigenvalue weighted by molar-refractivity contribution is -0.140. The van der Waals surface area contributed by atoms with Crippen molar-refractivity contribution in [2.24, 2.45) is 11.8 Å². The van der Waals surface area contributed by atoms with Crippen molar-refractivity contribution in [1.82, 2.24) is 0 Å². The quantitative estimate of drug-likeness (QED) is 0.109. The molecule has 0 spiro atoms. The van der Waals surface area contributed by atoms with Crippen LogP contribution in [-0.2, 0) is 4.79 Å². The number of carbonyl (C=O) groups excluding carboxylic acids is 1. The Labute approximate surface area is 242 Å². The van der Waals surface area contributed by atoms with Gasteiger partial charge in [0, 0.05) is 0 Å². The number of hydrogen-bond acceptors (Lipinski definition) is 3. The molecule has 0 heterocycles. The number of esters is 1. The molecule has 0 N–H and O–H groups in total. The zero-order chi connectivity index (χ0) is 29.4. The Morgan fingerprint density at radius 3 is 1.80 bits per heavy atom. The number of halogens is 4. The van der Waals surface area contributed by atoms with Gasteiger partial charge in [-0.2, -0.15) is 8.78 Å². The highest BCUT2D eigenvalue weighted by molar-refractivity contribution is 5.75. The van der Waals surface area contributed by atoms with Crippen LogP contribution in [0.25, 0.3) is 0 Å². The molecule has 0 unspecified atom stereocenters. The van der Waals surface area contributed by atoms with E-state index >= 15 is 0 Å². The van der Waals surface area contributed by atoms with E-state index in [1.807, 2.05) is 0 Å². The highest BCUT2D eigenvalue weighted by Gasteiger charge is 2.32. The Kier molecular flexibility index (Phi) is 11.5. The van der Waals surface area contributed by atoms with E-state index in [2.05, 4.69) is 13.8 Å². The van der Waals surface area contributed by atoms with Gasteiger partial charge >= 0.3 is 5.97 Å². The first-order chi connectivity index (χ1) is 19.8. The minimum Gasteiger partial charge on any atom is -0.490 e. The van der Waals surface area contributed by atoms with Crippen molar-refractivity contribution in [3.05, 3.63) is 58.7 Å². The molecule has 2 aromatic carbocycles. The highest BCUT2D eigenvalue weighted by Crippen LogP contribution is 2.41. The lowest BCUT2D eigenvalue weighted by atomic mass is 9.78. The zero-order valence-electron chi connectivity index (χ0n) is 24.5. The van der Waals surface area contributed by atoms with Crippen LogP contribution in [0.2, 0.25) is 0 Å². The van der Waals surface area contributed by atoms with Gasteiger partial charge in [0.2, 0.25) is 11.6 Å². The number of rotatable bonds is 12. The lowest BCUT2D eigenvalue weighted by Crippen LogP contribution is -2.26. The van der Waals surface area contributed by atoms with Crippen molar-refractivity contribution in [1.29, 1.82) is 0 Å². The minimum atomic E-state index is -1.13. The third-order valence-electron chi connectivity index (χ3n) is 9.08. The van der Waals surface area contributed by atoms with Crippen LogP contribution in [0.15, 0.2) is 24.3 Å². The van der Waals surface area contributed by atoms with E-state index in [4.69, 9.17) is 9.47 Å². The van der Waals surface area contributed by atoms with E-state index in [9.17, 15) is 22.4 Å². The van der Waals surface area contributed by atoms with Crippen molar-refractivity contribution in [2.75, 3.05) is 6.61 Å². The maximum atomic E-state index is 14.9. The Bertz CT molecular complexity index is 1150. The van der Waals surface area contributed by atoms with Crippen LogP contribution in [0, 0.1) is 35.1 Å². The number of ether oxygens (including phenoxy) is 2. The average Bonchev–Trinajstić information content (AvgIpc) is 2.98. The molecule has 0 radical (unpaired) electrons. The summed E-state index contributed by atoms with van der Waals surface area (Å²) in [6.45, 7) is 4.68. The molecule has 2 saturated carbocycles. The molecule has 2 aromatic rings. The van der Waals surface area contributed by atoms with Gasteiger partial charge in [-0.3, -0.25) is 4.79 Å². The van der Waals surface area contributed by atoms with E-state index in [-0.39, 0.29) is 23.1 Å². The molecule has 0 aromatic heterocycles. The van der Waals surface area contributed by atoms with E-state index in [0.29, 0.717) is 43.8 Å². The molecule has 0 atom stereocenters. The van der Waals surface area contributed by atoms with Gasteiger partial charge in [0.25, 0.3) is 0 Å². The van der Waals surface area contributed by atoms with Gasteiger partial charge in [0.1, 0.15) is 0 Å². The lowest BCUT2D eigenvalue weighted by Gasteiger charge is -2.28. The normalized spacial score (nSPS) is 22.9. The van der Waals surface area contributed by atoms with Gasteiger partial charge in [-0.25, -0.2) is 8.78 Å². The molecule has 0 bridgehead atoms. The summed E-state index contributed by atoms with van der Waals surface area (Å²) in [5.74, 6) is -5.21. The molecule has 0 saturated heterocycles. The maximum Gasteiger partial charge on any atom is 0.314 e. The second-order valence-corrected chi connectivity index (χ2v) is 12.1. The molecule has 7 heteroatoms. The number of benzene rings is 2. The topological polar surface area (TPSA) is 35.5 Å². The SMILES string of the molecule is CCCCCCCCOc1ccc(C2CCC(C(=O)Oc3ccc(C4CCC(C)CC4)c(F)c3F)CC2)c(F)c1F. The summed E-state index contributed by atoms with van der Waals surface area (Å²) in [5.41, 5.74) is 0.629. The van der Waals surface area contributed by atoms with Crippen LogP contribution in [0.1, 0.15) is 127 Å². The predicted octanol–water partition coefficient (Wildman–Crippen LogP) is 10.2. The van der Waals surface area contributed by atoms with Gasteiger partial charge in [-0.1, -0.05) is 70.9 Å². The van der Waals surface area contributed by atoms with Crippen LogP contribution >= 0.6 is 0 Å². The van der Waals surface area contributed by atoms with Crippen LogP contribution in [0.3, 0.4) is 0 Å². The predicted molar refractivity (Wildman–Crippen MR) is 152 cm³/mol. The average molecular weight is 577 g/mol. The summed E-state index contributed by atoms with van der Waals surface area (Å²) in [4.78, 5) is 12.8. The van der Waals surface area contributed by atoms with Crippen molar-refractivity contribution in [3.63, 3.8) is 0 Å². The first kappa shape index (κ1) is 31.4. The summed E-state index contributed by atoms with van der Waals surface area (Å²) in [7, 11) is 0. The summed E-state index contributed by atoms with van der Waals surface area (Å²) in [5, 5.41) is 0. The zero-order valence-corrected chi connectivity index (χ0v) is 24.5. The third-order valence-corrected chi connectivity index (χ3v) is 9.08. The molecular formula is C34H44F4O3. The smallest absolute Gasteiger partial charge is 0.314 e. The van der Waals surface area contributed by atoms with Gasteiger partial charge < -0.3 is 9.47 Å². The summed E-state index contributed by atoms with van der Waals surface area (Å²) in [6.07, 6.45) is 11.8. The summed E-state index contributed by atoms with van der Waals surface area (Å²) >= 11 is 0. The Balaban J connectivity index is 1.28. The second-order valence-electron chi connectivity index (χ2n) is 12.1. The van der Waals surface area contributed by atoms with Crippen LogP contribution in [-0.4, -0.2) is 12.6 Å². The van der Waals surface area contributed by atoms with E-state index < -0.39 is 40.9 Å². The van der Waals surface area contributed by atoms with E-state index in [0.717, 1.165) is 44.9 Å². The Morgan fingerprint density at radius 2 is 1.20 bits per heavy atom. The Morgan fingerprint density at radius 1 is 0.683 bits per heavy atom. The minimum absolute atomic E-state index is 0.0214. The number of carbonyl (C=O) groups is 1. The van der Waals surface area contributed by atoms with Gasteiger partial charge in [0.05, 0.1) is 12.5 Å². The van der Waals surface area contributed by atoms with Crippen molar-refractivity contribution < 1.29 is 31.8 Å². The molecule has 2 aliphatic carbocycles. The summed E-state index contributed by atoms with van der Waals surface area (Å²) in [6, 6.07) is 5.95. The molecule has 41 heavy (non-hydrogen) atoms. The molecule has 0 amide bonds. The van der Waals surface area contributed by atoms with Crippen LogP contribution < -0.4 is 9.47 Å². The monoisotopic (exact) mass is 576 g/mol. The fourth-order valence-corrected chi connectivity index (χ4v) is 6.38. The Hall–Kier alpha value is -2.57. The molecule has 0 aliphatic heterocycles. The van der Waals surface area contributed by atoms with Gasteiger partial charge in [-0.05, 0) is 86.0 Å². The number of unbranched alkanes of at least 4 members (excludes halogenated alkanes) is 5. The molecule has 226 valence electrons. The van der Waals surface area contributed by atoms with Crippen molar-refractivity contribution >= 4 is 5.97 Å². The molecule has 4 rings (SSSR count).